The van der Waals surface area contributed by atoms with Gasteiger partial charge in [-0.25, -0.2) is 18.4 Å². The number of rotatable bonds is 6. The maximum Gasteiger partial charge on any atom is 0.436 e. The number of thiophene rings is 1. The van der Waals surface area contributed by atoms with Crippen LogP contribution in [0.15, 0.2) is 14.6 Å². The molecular weight excluding hydrogens is 460 g/mol. The minimum atomic E-state index is -2.87. The molecule has 1 aliphatic heterocycles. The number of nitrogens with one attached hydrogen (secondary N) is 1. The predicted octanol–water partition coefficient (Wildman–Crippen LogP) is 1.68. The number of halogens is 2. The lowest BCUT2D eigenvalue weighted by Gasteiger charge is -2.35. The second kappa shape index (κ2) is 8.86. The zero-order valence-electron chi connectivity index (χ0n) is 18.5. The van der Waals surface area contributed by atoms with E-state index in [1.165, 1.54) is 30.1 Å². The first-order valence-corrected chi connectivity index (χ1v) is 11.3. The van der Waals surface area contributed by atoms with Gasteiger partial charge in [0.1, 0.15) is 4.83 Å². The molecule has 2 aromatic rings. The SMILES string of the molecule is COCCn1c(=O)n(C2CC(F)(F)C2)c(=O)c2c(C)c(CN3CCNC3=NC(=O)OC)sc21. The summed E-state index contributed by atoms with van der Waals surface area (Å²) in [4.78, 5) is 45.1. The first kappa shape index (κ1) is 23.4. The van der Waals surface area contributed by atoms with E-state index in [1.807, 2.05) is 4.90 Å². The molecule has 2 aliphatic rings. The van der Waals surface area contributed by atoms with Crippen LogP contribution >= 0.6 is 11.3 Å². The van der Waals surface area contributed by atoms with Crippen LogP contribution in [0.25, 0.3) is 10.2 Å². The molecule has 13 heteroatoms. The van der Waals surface area contributed by atoms with Crippen LogP contribution in [0.2, 0.25) is 0 Å². The third-order valence-corrected chi connectivity index (χ3v) is 7.26. The summed E-state index contributed by atoms with van der Waals surface area (Å²) in [6, 6.07) is -0.831. The highest BCUT2D eigenvalue weighted by atomic mass is 32.1. The van der Waals surface area contributed by atoms with E-state index in [-0.39, 0.29) is 13.2 Å². The van der Waals surface area contributed by atoms with Gasteiger partial charge in [-0.1, -0.05) is 0 Å². The Kier molecular flexibility index (Phi) is 6.27. The van der Waals surface area contributed by atoms with Gasteiger partial charge in [-0.15, -0.1) is 16.3 Å². The molecule has 33 heavy (non-hydrogen) atoms. The van der Waals surface area contributed by atoms with Crippen molar-refractivity contribution in [1.82, 2.24) is 19.4 Å². The summed E-state index contributed by atoms with van der Waals surface area (Å²) < 4.78 is 39.2. The monoisotopic (exact) mass is 485 g/mol. The highest BCUT2D eigenvalue weighted by Gasteiger charge is 2.47. The fraction of sp³-hybridized carbons (Fsp3) is 0.600. The summed E-state index contributed by atoms with van der Waals surface area (Å²) in [5.74, 6) is -2.50. The second-order valence-corrected chi connectivity index (χ2v) is 9.19. The number of fused-ring (bicyclic) bond motifs is 1. The van der Waals surface area contributed by atoms with Gasteiger partial charge in [0.05, 0.1) is 38.2 Å². The van der Waals surface area contributed by atoms with E-state index in [9.17, 15) is 23.2 Å². The number of ether oxygens (including phenoxy) is 2. The van der Waals surface area contributed by atoms with Crippen molar-refractivity contribution in [2.75, 3.05) is 33.9 Å². The molecule has 0 spiro atoms. The number of aromatic nitrogens is 2. The van der Waals surface area contributed by atoms with Crippen molar-refractivity contribution in [1.29, 1.82) is 0 Å². The van der Waals surface area contributed by atoms with Gasteiger partial charge in [0, 0.05) is 37.9 Å². The van der Waals surface area contributed by atoms with Gasteiger partial charge in [0.25, 0.3) is 11.5 Å². The number of hydrogen-bond acceptors (Lipinski definition) is 6. The number of nitrogens with zero attached hydrogens (tertiary/aromatic N) is 4. The number of aliphatic imine (C=N–C) groups is 1. The Morgan fingerprint density at radius 2 is 2.03 bits per heavy atom. The van der Waals surface area contributed by atoms with Gasteiger partial charge in [0.15, 0.2) is 0 Å². The van der Waals surface area contributed by atoms with Gasteiger partial charge in [-0.05, 0) is 12.5 Å². The van der Waals surface area contributed by atoms with E-state index >= 15 is 0 Å². The fourth-order valence-corrected chi connectivity index (χ4v) is 5.50. The minimum absolute atomic E-state index is 0.189. The standard InChI is InChI=1S/C20H25F2N5O5S/c1-11-13(10-25-5-4-23-17(25)24-18(29)32-3)33-16-14(11)15(28)27(12-8-20(21,22)9-12)19(30)26(16)6-7-31-2/h12H,4-10H2,1-3H3,(H,23,24,29). The third-order valence-electron chi connectivity index (χ3n) is 5.97. The lowest BCUT2D eigenvalue weighted by atomic mass is 9.88. The van der Waals surface area contributed by atoms with Crippen molar-refractivity contribution in [2.45, 2.75) is 44.8 Å². The van der Waals surface area contributed by atoms with Gasteiger partial charge >= 0.3 is 11.8 Å². The number of guanidine groups is 1. The van der Waals surface area contributed by atoms with Crippen molar-refractivity contribution in [3.05, 3.63) is 31.3 Å². The van der Waals surface area contributed by atoms with Gasteiger partial charge in [-0.3, -0.25) is 13.9 Å². The number of carbonyl (C=O) groups excluding carboxylic acids is 1. The minimum Gasteiger partial charge on any atom is -0.451 e. The lowest BCUT2D eigenvalue weighted by molar-refractivity contribution is -0.106. The molecule has 1 saturated carbocycles. The van der Waals surface area contributed by atoms with Crippen molar-refractivity contribution >= 4 is 33.6 Å². The molecule has 0 unspecified atom stereocenters. The van der Waals surface area contributed by atoms with Crippen LogP contribution in [0.3, 0.4) is 0 Å². The fourth-order valence-electron chi connectivity index (χ4n) is 4.17. The number of aryl methyl sites for hydroxylation is 1. The molecule has 0 radical (unpaired) electrons. The molecule has 1 aliphatic carbocycles. The van der Waals surface area contributed by atoms with Crippen molar-refractivity contribution in [3.63, 3.8) is 0 Å². The number of alkyl halides is 2. The number of hydrogen-bond donors (Lipinski definition) is 1. The molecule has 4 rings (SSSR count). The maximum absolute atomic E-state index is 13.5. The Morgan fingerprint density at radius 1 is 1.30 bits per heavy atom. The zero-order chi connectivity index (χ0) is 23.9. The number of methoxy groups -OCH3 is 2. The quantitative estimate of drug-likeness (QED) is 0.663. The van der Waals surface area contributed by atoms with Gasteiger partial charge in [0.2, 0.25) is 5.96 Å². The van der Waals surface area contributed by atoms with Crippen LogP contribution in [0.4, 0.5) is 13.6 Å². The average Bonchev–Trinajstić information content (AvgIpc) is 3.31. The van der Waals surface area contributed by atoms with Crippen molar-refractivity contribution in [2.24, 2.45) is 4.99 Å². The molecule has 0 aromatic carbocycles. The summed E-state index contributed by atoms with van der Waals surface area (Å²) in [6.07, 6.45) is -1.78. The lowest BCUT2D eigenvalue weighted by Crippen LogP contribution is -2.49. The molecule has 10 nitrogen and oxygen atoms in total. The van der Waals surface area contributed by atoms with Crippen LogP contribution < -0.4 is 16.6 Å². The maximum atomic E-state index is 13.5. The van der Waals surface area contributed by atoms with Crippen LogP contribution in [-0.2, 0) is 22.6 Å². The molecule has 180 valence electrons. The van der Waals surface area contributed by atoms with Crippen LogP contribution in [0.5, 0.6) is 0 Å². The Balaban J connectivity index is 1.79. The summed E-state index contributed by atoms with van der Waals surface area (Å²) in [7, 11) is 2.74. The number of carbonyl (C=O) groups is 1. The van der Waals surface area contributed by atoms with E-state index in [0.717, 1.165) is 9.44 Å². The highest BCUT2D eigenvalue weighted by molar-refractivity contribution is 7.18. The number of amides is 1. The predicted molar refractivity (Wildman–Crippen MR) is 118 cm³/mol. The molecular formula is C20H25F2N5O5S. The zero-order valence-corrected chi connectivity index (χ0v) is 19.3. The molecule has 2 fully saturated rings. The normalized spacial score (nSPS) is 19.2. The Labute approximate surface area is 191 Å². The summed E-state index contributed by atoms with van der Waals surface area (Å²) >= 11 is 1.29. The largest absolute Gasteiger partial charge is 0.451 e. The summed E-state index contributed by atoms with van der Waals surface area (Å²) in [5, 5.41) is 3.37. The van der Waals surface area contributed by atoms with Crippen LogP contribution in [0, 0.1) is 6.92 Å². The molecule has 3 heterocycles. The topological polar surface area (TPSA) is 107 Å². The molecule has 1 saturated heterocycles. The van der Waals surface area contributed by atoms with E-state index in [4.69, 9.17) is 4.74 Å². The third kappa shape index (κ3) is 4.26. The van der Waals surface area contributed by atoms with E-state index in [2.05, 4.69) is 15.0 Å². The van der Waals surface area contributed by atoms with E-state index in [1.54, 1.807) is 6.92 Å². The van der Waals surface area contributed by atoms with Crippen LogP contribution in [0.1, 0.15) is 29.3 Å². The van der Waals surface area contributed by atoms with Crippen LogP contribution in [-0.4, -0.2) is 65.9 Å². The molecule has 2 aromatic heterocycles. The molecule has 0 bridgehead atoms. The Morgan fingerprint density at radius 3 is 2.67 bits per heavy atom. The van der Waals surface area contributed by atoms with Gasteiger partial charge in [-0.2, -0.15) is 0 Å². The Bertz CT molecular complexity index is 1230. The first-order valence-electron chi connectivity index (χ1n) is 10.5. The van der Waals surface area contributed by atoms with E-state index < -0.39 is 42.1 Å². The molecule has 1 N–H and O–H groups in total. The van der Waals surface area contributed by atoms with Crippen molar-refractivity contribution < 1.29 is 23.0 Å². The highest BCUT2D eigenvalue weighted by Crippen LogP contribution is 2.44. The molecule has 0 atom stereocenters. The summed E-state index contributed by atoms with van der Waals surface area (Å²) in [5.41, 5.74) is -0.476. The second-order valence-electron chi connectivity index (χ2n) is 8.10. The Hall–Kier alpha value is -2.80. The van der Waals surface area contributed by atoms with Crippen molar-refractivity contribution in [3.8, 4) is 0 Å². The average molecular weight is 486 g/mol. The molecule has 1 amide bonds. The van der Waals surface area contributed by atoms with Gasteiger partial charge < -0.3 is 19.7 Å². The first-order chi connectivity index (χ1) is 15.7. The smallest absolute Gasteiger partial charge is 0.436 e. The summed E-state index contributed by atoms with van der Waals surface area (Å²) in [6.45, 7) is 3.72. The van der Waals surface area contributed by atoms with E-state index in [0.29, 0.717) is 41.4 Å².